The number of carbonyl (C=O) groups is 1. The molecule has 0 atom stereocenters. The van der Waals surface area contributed by atoms with Gasteiger partial charge in [0, 0.05) is 5.56 Å². The highest BCUT2D eigenvalue weighted by Gasteiger charge is 2.12. The van der Waals surface area contributed by atoms with Crippen molar-refractivity contribution in [1.29, 1.82) is 0 Å². The highest BCUT2D eigenvalue weighted by atomic mass is 35.5. The lowest BCUT2D eigenvalue weighted by Crippen LogP contribution is -2.24. The van der Waals surface area contributed by atoms with E-state index in [2.05, 4.69) is 22.4 Å². The number of aryl methyl sites for hydroxylation is 1. The highest BCUT2D eigenvalue weighted by molar-refractivity contribution is 6.33. The maximum absolute atomic E-state index is 12.0. The molecule has 0 unspecified atom stereocenters. The summed E-state index contributed by atoms with van der Waals surface area (Å²) in [4.78, 5) is 16.3. The number of nitrogens with one attached hydrogen (secondary N) is 1. The van der Waals surface area contributed by atoms with Crippen LogP contribution in [0.25, 0.3) is 11.4 Å². The third-order valence-corrected chi connectivity index (χ3v) is 4.15. The predicted molar refractivity (Wildman–Crippen MR) is 96.1 cm³/mol. The molecule has 3 aromatic rings. The van der Waals surface area contributed by atoms with Crippen LogP contribution in [0.4, 0.5) is 0 Å². The summed E-state index contributed by atoms with van der Waals surface area (Å²) in [7, 11) is 0. The third kappa shape index (κ3) is 4.45. The molecule has 1 aromatic heterocycles. The Kier molecular flexibility index (Phi) is 5.46. The van der Waals surface area contributed by atoms with Crippen LogP contribution in [0, 0.1) is 0 Å². The van der Waals surface area contributed by atoms with E-state index in [1.54, 1.807) is 6.07 Å². The average molecular weight is 356 g/mol. The van der Waals surface area contributed by atoms with Crippen LogP contribution in [0.1, 0.15) is 23.9 Å². The van der Waals surface area contributed by atoms with Crippen LogP contribution in [0.3, 0.4) is 0 Å². The lowest BCUT2D eigenvalue weighted by atomic mass is 10.1. The summed E-state index contributed by atoms with van der Waals surface area (Å²) in [5.74, 6) is 0.649. The van der Waals surface area contributed by atoms with Crippen molar-refractivity contribution < 1.29 is 9.32 Å². The van der Waals surface area contributed by atoms with Gasteiger partial charge in [-0.1, -0.05) is 60.1 Å². The summed E-state index contributed by atoms with van der Waals surface area (Å²) in [5, 5.41) is 7.24. The van der Waals surface area contributed by atoms with Gasteiger partial charge in [-0.3, -0.25) is 4.79 Å². The van der Waals surface area contributed by atoms with E-state index in [1.165, 1.54) is 5.56 Å². The number of carbonyl (C=O) groups excluding carboxylic acids is 1. The van der Waals surface area contributed by atoms with Crippen molar-refractivity contribution in [3.05, 3.63) is 70.6 Å². The molecular formula is C19H18ClN3O2. The summed E-state index contributed by atoms with van der Waals surface area (Å²) in [6.07, 6.45) is 1.30. The van der Waals surface area contributed by atoms with Gasteiger partial charge in [0.05, 0.1) is 18.0 Å². The standard InChI is InChI=1S/C19H18ClN3O2/c1-2-13-7-9-14(10-8-13)11-17(24)21-12-18-22-19(23-25-18)15-5-3-4-6-16(15)20/h3-10H,2,11-12H2,1H3,(H,21,24). The van der Waals surface area contributed by atoms with Gasteiger partial charge in [-0.15, -0.1) is 0 Å². The Labute approximate surface area is 151 Å². The molecular weight excluding hydrogens is 338 g/mol. The van der Waals surface area contributed by atoms with E-state index in [0.29, 0.717) is 28.7 Å². The Bertz CT molecular complexity index is 859. The fraction of sp³-hybridized carbons (Fsp3) is 0.211. The van der Waals surface area contributed by atoms with Crippen molar-refractivity contribution in [2.24, 2.45) is 0 Å². The molecule has 1 amide bonds. The first-order valence-corrected chi connectivity index (χ1v) is 8.45. The number of nitrogens with zero attached hydrogens (tertiary/aromatic N) is 2. The summed E-state index contributed by atoms with van der Waals surface area (Å²) in [6, 6.07) is 15.3. The van der Waals surface area contributed by atoms with Crippen molar-refractivity contribution >= 4 is 17.5 Å². The number of benzene rings is 2. The quantitative estimate of drug-likeness (QED) is 0.730. The normalized spacial score (nSPS) is 10.6. The minimum absolute atomic E-state index is 0.0956. The van der Waals surface area contributed by atoms with Gasteiger partial charge in [-0.05, 0) is 29.7 Å². The minimum atomic E-state index is -0.0956. The highest BCUT2D eigenvalue weighted by Crippen LogP contribution is 2.24. The van der Waals surface area contributed by atoms with Gasteiger partial charge in [-0.2, -0.15) is 4.98 Å². The molecule has 0 aliphatic heterocycles. The fourth-order valence-electron chi connectivity index (χ4n) is 2.39. The molecule has 0 aliphatic rings. The minimum Gasteiger partial charge on any atom is -0.347 e. The smallest absolute Gasteiger partial charge is 0.246 e. The van der Waals surface area contributed by atoms with E-state index >= 15 is 0 Å². The lowest BCUT2D eigenvalue weighted by Gasteiger charge is -2.03. The molecule has 0 spiro atoms. The van der Waals surface area contributed by atoms with Crippen molar-refractivity contribution in [2.45, 2.75) is 26.3 Å². The Balaban J connectivity index is 1.56. The van der Waals surface area contributed by atoms with Gasteiger partial charge in [-0.25, -0.2) is 0 Å². The molecule has 1 N–H and O–H groups in total. The molecule has 0 bridgehead atoms. The molecule has 128 valence electrons. The Morgan fingerprint density at radius 2 is 1.84 bits per heavy atom. The zero-order chi connectivity index (χ0) is 17.6. The maximum Gasteiger partial charge on any atom is 0.246 e. The van der Waals surface area contributed by atoms with E-state index in [1.807, 2.05) is 42.5 Å². The van der Waals surface area contributed by atoms with Gasteiger partial charge in [0.15, 0.2) is 0 Å². The maximum atomic E-state index is 12.0. The van der Waals surface area contributed by atoms with Crippen LogP contribution in [-0.2, 0) is 24.2 Å². The molecule has 5 nitrogen and oxygen atoms in total. The first kappa shape index (κ1) is 17.2. The molecule has 1 heterocycles. The SMILES string of the molecule is CCc1ccc(CC(=O)NCc2nc(-c3ccccc3Cl)no2)cc1. The zero-order valence-corrected chi connectivity index (χ0v) is 14.6. The number of aromatic nitrogens is 2. The Morgan fingerprint density at radius 3 is 2.56 bits per heavy atom. The summed E-state index contributed by atoms with van der Waals surface area (Å²) in [5.41, 5.74) is 2.92. The second-order valence-corrected chi connectivity index (χ2v) is 6.02. The number of hydrogen-bond acceptors (Lipinski definition) is 4. The third-order valence-electron chi connectivity index (χ3n) is 3.82. The summed E-state index contributed by atoms with van der Waals surface area (Å²) in [6.45, 7) is 2.28. The van der Waals surface area contributed by atoms with Crippen molar-refractivity contribution in [1.82, 2.24) is 15.5 Å². The second-order valence-electron chi connectivity index (χ2n) is 5.62. The molecule has 0 radical (unpaired) electrons. The van der Waals surface area contributed by atoms with E-state index in [0.717, 1.165) is 12.0 Å². The molecule has 3 rings (SSSR count). The average Bonchev–Trinajstić information content (AvgIpc) is 3.10. The second kappa shape index (κ2) is 7.94. The van der Waals surface area contributed by atoms with E-state index in [4.69, 9.17) is 16.1 Å². The molecule has 0 aliphatic carbocycles. The topological polar surface area (TPSA) is 68.0 Å². The number of amides is 1. The molecule has 6 heteroatoms. The lowest BCUT2D eigenvalue weighted by molar-refractivity contribution is -0.120. The molecule has 0 saturated heterocycles. The fourth-order valence-corrected chi connectivity index (χ4v) is 2.61. The molecule has 25 heavy (non-hydrogen) atoms. The van der Waals surface area contributed by atoms with Gasteiger partial charge < -0.3 is 9.84 Å². The van der Waals surface area contributed by atoms with Crippen LogP contribution >= 0.6 is 11.6 Å². The Hall–Kier alpha value is -2.66. The van der Waals surface area contributed by atoms with Gasteiger partial charge in [0.2, 0.25) is 17.6 Å². The van der Waals surface area contributed by atoms with Crippen molar-refractivity contribution in [3.8, 4) is 11.4 Å². The first-order chi connectivity index (χ1) is 12.2. The molecule has 0 fully saturated rings. The number of hydrogen-bond donors (Lipinski definition) is 1. The van der Waals surface area contributed by atoms with Gasteiger partial charge in [0.25, 0.3) is 0 Å². The summed E-state index contributed by atoms with van der Waals surface area (Å²) < 4.78 is 5.17. The monoisotopic (exact) mass is 355 g/mol. The summed E-state index contributed by atoms with van der Waals surface area (Å²) >= 11 is 6.12. The van der Waals surface area contributed by atoms with E-state index in [-0.39, 0.29) is 12.5 Å². The zero-order valence-electron chi connectivity index (χ0n) is 13.8. The van der Waals surface area contributed by atoms with Crippen LogP contribution in [0.5, 0.6) is 0 Å². The van der Waals surface area contributed by atoms with Crippen molar-refractivity contribution in [3.63, 3.8) is 0 Å². The van der Waals surface area contributed by atoms with E-state index in [9.17, 15) is 4.79 Å². The van der Waals surface area contributed by atoms with Gasteiger partial charge >= 0.3 is 0 Å². The molecule has 2 aromatic carbocycles. The molecule has 0 saturated carbocycles. The number of rotatable bonds is 6. The predicted octanol–water partition coefficient (Wildman–Crippen LogP) is 3.81. The van der Waals surface area contributed by atoms with Crippen molar-refractivity contribution in [2.75, 3.05) is 0 Å². The van der Waals surface area contributed by atoms with E-state index < -0.39 is 0 Å². The first-order valence-electron chi connectivity index (χ1n) is 8.07. The van der Waals surface area contributed by atoms with Crippen LogP contribution in [0.2, 0.25) is 5.02 Å². The van der Waals surface area contributed by atoms with Crippen LogP contribution in [0.15, 0.2) is 53.1 Å². The van der Waals surface area contributed by atoms with Gasteiger partial charge in [0.1, 0.15) is 0 Å². The van der Waals surface area contributed by atoms with Crippen LogP contribution in [-0.4, -0.2) is 16.0 Å². The number of halogens is 1. The Morgan fingerprint density at radius 1 is 1.12 bits per heavy atom. The largest absolute Gasteiger partial charge is 0.347 e. The van der Waals surface area contributed by atoms with Crippen LogP contribution < -0.4 is 5.32 Å².